The number of nitrogens with one attached hydrogen (secondary N) is 1. The Bertz CT molecular complexity index is 1110. The van der Waals surface area contributed by atoms with Gasteiger partial charge in [0, 0.05) is 23.0 Å². The van der Waals surface area contributed by atoms with Crippen LogP contribution in [0.5, 0.6) is 5.75 Å². The molecule has 1 heterocycles. The molecule has 2 aromatic carbocycles. The molecular formula is C26H27Cl2F3N2O4. The number of hydrogen-bond acceptors (Lipinski definition) is 4. The van der Waals surface area contributed by atoms with Gasteiger partial charge in [-0.2, -0.15) is 13.2 Å². The molecule has 0 aliphatic carbocycles. The fraction of sp³-hybridized carbons (Fsp3) is 0.423. The molecule has 1 saturated heterocycles. The van der Waals surface area contributed by atoms with Crippen molar-refractivity contribution in [2.45, 2.75) is 57.5 Å². The van der Waals surface area contributed by atoms with Crippen molar-refractivity contribution in [1.82, 2.24) is 10.2 Å². The van der Waals surface area contributed by atoms with Crippen molar-refractivity contribution in [2.75, 3.05) is 6.54 Å². The van der Waals surface area contributed by atoms with E-state index in [4.69, 9.17) is 27.9 Å². The summed E-state index contributed by atoms with van der Waals surface area (Å²) in [6.07, 6.45) is -5.30. The molecule has 2 aromatic rings. The molecule has 1 fully saturated rings. The van der Waals surface area contributed by atoms with Gasteiger partial charge in [-0.25, -0.2) is 0 Å². The summed E-state index contributed by atoms with van der Waals surface area (Å²) in [5, 5.41) is 2.84. The molecule has 0 bridgehead atoms. The molecule has 37 heavy (non-hydrogen) atoms. The molecule has 3 atom stereocenters. The van der Waals surface area contributed by atoms with Crippen LogP contribution in [0, 0.1) is 5.92 Å². The number of hydrogen-bond donors (Lipinski definition) is 1. The number of amides is 2. The molecule has 0 aromatic heterocycles. The van der Waals surface area contributed by atoms with Crippen LogP contribution >= 0.6 is 23.2 Å². The van der Waals surface area contributed by atoms with E-state index in [1.807, 2.05) is 30.3 Å². The summed E-state index contributed by atoms with van der Waals surface area (Å²) in [5.41, 5.74) is 0.796. The molecule has 1 N–H and O–H groups in total. The Balaban J connectivity index is 1.84. The minimum atomic E-state index is -5.10. The summed E-state index contributed by atoms with van der Waals surface area (Å²) in [6.45, 7) is 3.03. The molecule has 3 rings (SSSR count). The zero-order chi connectivity index (χ0) is 27.3. The highest BCUT2D eigenvalue weighted by Crippen LogP contribution is 2.28. The highest BCUT2D eigenvalue weighted by atomic mass is 35.5. The Kier molecular flexibility index (Phi) is 9.47. The predicted octanol–water partition coefficient (Wildman–Crippen LogP) is 5.25. The molecule has 0 radical (unpaired) electrons. The lowest BCUT2D eigenvalue weighted by atomic mass is 9.98. The van der Waals surface area contributed by atoms with E-state index >= 15 is 0 Å². The van der Waals surface area contributed by atoms with E-state index in [0.29, 0.717) is 16.5 Å². The highest BCUT2D eigenvalue weighted by molar-refractivity contribution is 6.34. The number of Topliss-reactive ketones (excluding diaryl/α,β-unsaturated/α-hetero) is 1. The van der Waals surface area contributed by atoms with Gasteiger partial charge in [0.25, 0.3) is 11.7 Å². The smallest absolute Gasteiger partial charge is 0.452 e. The second kappa shape index (κ2) is 12.2. The van der Waals surface area contributed by atoms with E-state index < -0.39 is 47.9 Å². The number of carbonyl (C=O) groups excluding carboxylic acids is 3. The fourth-order valence-corrected chi connectivity index (χ4v) is 4.72. The fourth-order valence-electron chi connectivity index (χ4n) is 4.22. The van der Waals surface area contributed by atoms with E-state index in [-0.39, 0.29) is 25.1 Å². The molecule has 200 valence electrons. The number of rotatable bonds is 9. The molecule has 6 nitrogen and oxygen atoms in total. The summed E-state index contributed by atoms with van der Waals surface area (Å²) in [6, 6.07) is 10.8. The van der Waals surface area contributed by atoms with Crippen LogP contribution in [0.3, 0.4) is 0 Å². The third-order valence-corrected chi connectivity index (χ3v) is 6.46. The molecule has 0 saturated carbocycles. The molecule has 0 spiro atoms. The number of ether oxygens (including phenoxy) is 1. The summed E-state index contributed by atoms with van der Waals surface area (Å²) in [4.78, 5) is 39.9. The van der Waals surface area contributed by atoms with Crippen LogP contribution in [0.15, 0.2) is 48.5 Å². The van der Waals surface area contributed by atoms with E-state index in [0.717, 1.165) is 5.56 Å². The Labute approximate surface area is 223 Å². The van der Waals surface area contributed by atoms with Gasteiger partial charge in [0.1, 0.15) is 11.8 Å². The van der Waals surface area contributed by atoms with Crippen molar-refractivity contribution in [3.63, 3.8) is 0 Å². The van der Waals surface area contributed by atoms with Crippen molar-refractivity contribution < 1.29 is 32.3 Å². The first kappa shape index (κ1) is 28.8. The first-order valence-corrected chi connectivity index (χ1v) is 12.5. The van der Waals surface area contributed by atoms with Crippen LogP contribution in [0.1, 0.15) is 32.3 Å². The van der Waals surface area contributed by atoms with Gasteiger partial charge in [0.15, 0.2) is 6.10 Å². The summed E-state index contributed by atoms with van der Waals surface area (Å²) < 4.78 is 45.2. The summed E-state index contributed by atoms with van der Waals surface area (Å²) in [5.74, 6) is -3.91. The third kappa shape index (κ3) is 7.61. The average Bonchev–Trinajstić information content (AvgIpc) is 3.30. The lowest BCUT2D eigenvalue weighted by Crippen LogP contribution is -2.56. The molecular weight excluding hydrogens is 532 g/mol. The molecule has 2 unspecified atom stereocenters. The van der Waals surface area contributed by atoms with Crippen LogP contribution in [-0.2, 0) is 20.8 Å². The van der Waals surface area contributed by atoms with Crippen LogP contribution in [0.4, 0.5) is 13.2 Å². The lowest BCUT2D eigenvalue weighted by molar-refractivity contribution is -0.175. The molecule has 2 amide bonds. The maximum absolute atomic E-state index is 13.7. The molecule has 11 heteroatoms. The normalized spacial score (nSPS) is 17.4. The SMILES string of the molecule is CC(C)[C@H](NC(=O)C1CCCN1C(=O)C(Cc1ccccc1)Oc1cc(Cl)cc(Cl)c1)C(=O)C(F)(F)F. The topological polar surface area (TPSA) is 75.7 Å². The van der Waals surface area contributed by atoms with Crippen molar-refractivity contribution in [3.05, 3.63) is 64.1 Å². The van der Waals surface area contributed by atoms with E-state index in [1.54, 1.807) is 0 Å². The Morgan fingerprint density at radius 3 is 2.27 bits per heavy atom. The van der Waals surface area contributed by atoms with Gasteiger partial charge < -0.3 is 15.0 Å². The van der Waals surface area contributed by atoms with Gasteiger partial charge in [-0.05, 0) is 42.5 Å². The summed E-state index contributed by atoms with van der Waals surface area (Å²) >= 11 is 12.2. The van der Waals surface area contributed by atoms with E-state index in [2.05, 4.69) is 5.32 Å². The standard InChI is InChI=1S/C26H27Cl2F3N2O4/c1-15(2)22(23(34)26(29,30)31)32-24(35)20-9-6-10-33(20)25(36)21(11-16-7-4-3-5-8-16)37-19-13-17(27)12-18(28)14-19/h3-5,7-8,12-15,20-22H,6,9-11H2,1-2H3,(H,32,35)/t20?,21?,22-/m0/s1. The van der Waals surface area contributed by atoms with Gasteiger partial charge >= 0.3 is 6.18 Å². The minimum absolute atomic E-state index is 0.163. The average molecular weight is 559 g/mol. The van der Waals surface area contributed by atoms with Crippen molar-refractivity contribution >= 4 is 40.8 Å². The van der Waals surface area contributed by atoms with Crippen molar-refractivity contribution in [1.29, 1.82) is 0 Å². The quantitative estimate of drug-likeness (QED) is 0.456. The minimum Gasteiger partial charge on any atom is -0.480 e. The van der Waals surface area contributed by atoms with E-state index in [9.17, 15) is 27.6 Å². The zero-order valence-electron chi connectivity index (χ0n) is 20.2. The highest BCUT2D eigenvalue weighted by Gasteiger charge is 2.46. The van der Waals surface area contributed by atoms with Gasteiger partial charge in [0.2, 0.25) is 5.91 Å². The second-order valence-electron chi connectivity index (χ2n) is 9.18. The van der Waals surface area contributed by atoms with Gasteiger partial charge in [-0.1, -0.05) is 67.4 Å². The Morgan fingerprint density at radius 2 is 1.70 bits per heavy atom. The predicted molar refractivity (Wildman–Crippen MR) is 134 cm³/mol. The van der Waals surface area contributed by atoms with Crippen molar-refractivity contribution in [2.24, 2.45) is 5.92 Å². The first-order valence-electron chi connectivity index (χ1n) is 11.8. The molecule has 1 aliphatic heterocycles. The number of halogens is 5. The van der Waals surface area contributed by atoms with E-state index in [1.165, 1.54) is 36.9 Å². The van der Waals surface area contributed by atoms with Crippen LogP contribution in [0.25, 0.3) is 0 Å². The second-order valence-corrected chi connectivity index (χ2v) is 10.1. The largest absolute Gasteiger partial charge is 0.480 e. The third-order valence-electron chi connectivity index (χ3n) is 6.02. The number of likely N-dealkylation sites (tertiary alicyclic amines) is 1. The molecule has 1 aliphatic rings. The number of nitrogens with zero attached hydrogens (tertiary/aromatic N) is 1. The number of ketones is 1. The van der Waals surface area contributed by atoms with Crippen LogP contribution in [0.2, 0.25) is 10.0 Å². The maximum atomic E-state index is 13.7. The lowest BCUT2D eigenvalue weighted by Gasteiger charge is -2.30. The zero-order valence-corrected chi connectivity index (χ0v) is 21.7. The van der Waals surface area contributed by atoms with Gasteiger partial charge in [0.05, 0.1) is 6.04 Å². The van der Waals surface area contributed by atoms with Gasteiger partial charge in [-0.3, -0.25) is 14.4 Å². The maximum Gasteiger partial charge on any atom is 0.452 e. The number of benzene rings is 2. The monoisotopic (exact) mass is 558 g/mol. The Hall–Kier alpha value is -2.78. The van der Waals surface area contributed by atoms with Crippen LogP contribution in [-0.4, -0.2) is 53.4 Å². The van der Waals surface area contributed by atoms with Crippen molar-refractivity contribution in [3.8, 4) is 5.75 Å². The number of carbonyl (C=O) groups is 3. The summed E-state index contributed by atoms with van der Waals surface area (Å²) in [7, 11) is 0. The van der Waals surface area contributed by atoms with Crippen LogP contribution < -0.4 is 10.1 Å². The Morgan fingerprint density at radius 1 is 1.08 bits per heavy atom. The first-order chi connectivity index (χ1) is 17.4. The number of alkyl halides is 3. The van der Waals surface area contributed by atoms with Gasteiger partial charge in [-0.15, -0.1) is 0 Å².